The molecular formula is C6H13CaO10P. The van der Waals surface area contributed by atoms with E-state index in [1.807, 2.05) is 0 Å². The van der Waals surface area contributed by atoms with Crippen LogP contribution >= 0.6 is 7.82 Å². The summed E-state index contributed by atoms with van der Waals surface area (Å²) in [6.07, 6.45) is -6.84. The van der Waals surface area contributed by atoms with Gasteiger partial charge in [-0.2, -0.15) is 0 Å². The van der Waals surface area contributed by atoms with Gasteiger partial charge in [0.05, 0.1) is 14.4 Å². The van der Waals surface area contributed by atoms with Gasteiger partial charge in [-0.1, -0.05) is 0 Å². The summed E-state index contributed by atoms with van der Waals surface area (Å²) in [5.74, 6) is 0. The Morgan fingerprint density at radius 2 is 1.44 bits per heavy atom. The van der Waals surface area contributed by atoms with Gasteiger partial charge in [0.2, 0.25) is 0 Å². The van der Waals surface area contributed by atoms with Crippen molar-refractivity contribution < 1.29 is 49.6 Å². The zero-order valence-electron chi connectivity index (χ0n) is 9.06. The molecule has 18 heavy (non-hydrogen) atoms. The normalized spacial score (nSPS) is 17.3. The Balaban J connectivity index is -0.000000321. The molecule has 0 spiro atoms. The first-order valence-corrected chi connectivity index (χ1v) is 5.57. The minimum Gasteiger partial charge on any atom is -0.790 e. The molecule has 0 heterocycles. The number of phosphoric acid groups is 1. The Hall–Kier alpha value is 0.840. The molecule has 0 aromatic rings. The fourth-order valence-corrected chi connectivity index (χ4v) is 0.618. The van der Waals surface area contributed by atoms with Crippen LogP contribution in [-0.2, 0) is 9.36 Å². The third-order valence-corrected chi connectivity index (χ3v) is 1.42. The predicted octanol–water partition coefficient (Wildman–Crippen LogP) is -5.95. The number of carbonyl (C=O) groups is 1. The number of hydrogen-bond donors (Lipinski definition) is 6. The molecule has 0 bridgehead atoms. The van der Waals surface area contributed by atoms with E-state index in [1.165, 1.54) is 0 Å². The standard InChI is InChI=1S/C6H12O6.Ca.H3O4P/c7-1-3(9)5(11)6(12)4(10)2-8;;1-5(2,3)4/h1,3-6,8-12H,2H2;;(H3,1,2,3,4)/q;+2;/p-2. The summed E-state index contributed by atoms with van der Waals surface area (Å²) < 4.78 is 8.66. The molecule has 0 aliphatic rings. The number of hydrogen-bond acceptors (Lipinski definition) is 9. The topological polar surface area (TPSA) is 202 Å². The Morgan fingerprint density at radius 3 is 1.67 bits per heavy atom. The van der Waals surface area contributed by atoms with Crippen LogP contribution in [-0.4, -0.2) is 105 Å². The van der Waals surface area contributed by atoms with Gasteiger partial charge < -0.3 is 49.6 Å². The van der Waals surface area contributed by atoms with Crippen LogP contribution in [0.15, 0.2) is 0 Å². The van der Waals surface area contributed by atoms with Crippen molar-refractivity contribution in [2.24, 2.45) is 0 Å². The van der Waals surface area contributed by atoms with Crippen LogP contribution in [0, 0.1) is 0 Å². The van der Waals surface area contributed by atoms with E-state index in [2.05, 4.69) is 0 Å². The minimum atomic E-state index is -5.14. The van der Waals surface area contributed by atoms with Gasteiger partial charge in [-0.3, -0.25) is 0 Å². The van der Waals surface area contributed by atoms with Gasteiger partial charge in [0, 0.05) is 0 Å². The molecule has 4 atom stereocenters. The van der Waals surface area contributed by atoms with Gasteiger partial charge in [0.15, 0.2) is 6.29 Å². The molecule has 0 rings (SSSR count). The van der Waals surface area contributed by atoms with E-state index in [9.17, 15) is 4.79 Å². The van der Waals surface area contributed by atoms with Crippen molar-refractivity contribution in [2.45, 2.75) is 24.4 Å². The summed E-state index contributed by atoms with van der Waals surface area (Å²) in [5, 5.41) is 43.5. The van der Waals surface area contributed by atoms with Crippen molar-refractivity contribution in [3.63, 3.8) is 0 Å². The average Bonchev–Trinajstić information content (AvgIpc) is 2.22. The van der Waals surface area contributed by atoms with E-state index >= 15 is 0 Å². The summed E-state index contributed by atoms with van der Waals surface area (Å²) in [7, 11) is -5.14. The molecule has 0 saturated heterocycles. The molecule has 4 unspecified atom stereocenters. The van der Waals surface area contributed by atoms with Gasteiger partial charge >= 0.3 is 37.7 Å². The number of aliphatic hydroxyl groups excluding tert-OH is 5. The monoisotopic (exact) mass is 316 g/mol. The second kappa shape index (κ2) is 11.6. The Bertz CT molecular complexity index is 248. The third-order valence-electron chi connectivity index (χ3n) is 1.42. The summed E-state index contributed by atoms with van der Waals surface area (Å²) in [4.78, 5) is 34.2. The molecule has 0 aliphatic heterocycles. The Labute approximate surface area is 132 Å². The maximum absolute atomic E-state index is 9.90. The van der Waals surface area contributed by atoms with Crippen LogP contribution in [0.5, 0.6) is 0 Å². The summed E-state index contributed by atoms with van der Waals surface area (Å²) in [5.41, 5.74) is 0. The number of aliphatic hydroxyl groups is 5. The quantitative estimate of drug-likeness (QED) is 0.161. The first kappa shape index (κ1) is 23.9. The van der Waals surface area contributed by atoms with E-state index in [0.29, 0.717) is 0 Å². The van der Waals surface area contributed by atoms with E-state index < -0.39 is 38.8 Å². The largest absolute Gasteiger partial charge is 2.00 e. The molecule has 0 fully saturated rings. The zero-order valence-corrected chi connectivity index (χ0v) is 12.2. The predicted molar refractivity (Wildman–Crippen MR) is 52.8 cm³/mol. The van der Waals surface area contributed by atoms with Crippen LogP contribution < -0.4 is 9.79 Å². The van der Waals surface area contributed by atoms with Crippen LogP contribution in [0.3, 0.4) is 0 Å². The van der Waals surface area contributed by atoms with Crippen molar-refractivity contribution >= 4 is 51.8 Å². The summed E-state index contributed by atoms with van der Waals surface area (Å²) in [6, 6.07) is 0. The molecule has 0 radical (unpaired) electrons. The first-order chi connectivity index (χ1) is 7.54. The molecule has 12 heteroatoms. The van der Waals surface area contributed by atoms with Gasteiger partial charge in [0.25, 0.3) is 0 Å². The van der Waals surface area contributed by atoms with Gasteiger partial charge in [-0.15, -0.1) is 0 Å². The molecule has 0 aliphatic carbocycles. The van der Waals surface area contributed by atoms with E-state index in [4.69, 9.17) is 44.8 Å². The van der Waals surface area contributed by atoms with E-state index in [0.717, 1.165) is 0 Å². The SMILES string of the molecule is O=CC(O)C(O)C(O)C(O)CO.O=P([O-])([O-])O.[Ca+2]. The molecule has 0 saturated carbocycles. The first-order valence-electron chi connectivity index (χ1n) is 4.07. The van der Waals surface area contributed by atoms with Crippen molar-refractivity contribution in [3.8, 4) is 0 Å². The second-order valence-corrected chi connectivity index (χ2v) is 3.76. The minimum absolute atomic E-state index is 0. The van der Waals surface area contributed by atoms with Crippen molar-refractivity contribution in [2.75, 3.05) is 6.61 Å². The Morgan fingerprint density at radius 1 is 1.11 bits per heavy atom. The average molecular weight is 316 g/mol. The van der Waals surface area contributed by atoms with Crippen LogP contribution in [0.4, 0.5) is 0 Å². The zero-order chi connectivity index (χ0) is 14.2. The van der Waals surface area contributed by atoms with Crippen LogP contribution in [0.1, 0.15) is 0 Å². The molecule has 0 amide bonds. The van der Waals surface area contributed by atoms with E-state index in [1.54, 1.807) is 0 Å². The molecule has 10 nitrogen and oxygen atoms in total. The molecular weight excluding hydrogens is 303 g/mol. The summed E-state index contributed by atoms with van der Waals surface area (Å²) in [6.45, 7) is -0.760. The van der Waals surface area contributed by atoms with Gasteiger partial charge in [-0.05, 0) is 0 Å². The smallest absolute Gasteiger partial charge is 0.790 e. The Kier molecular flexibility index (Phi) is 15.5. The van der Waals surface area contributed by atoms with Crippen molar-refractivity contribution in [1.29, 1.82) is 0 Å². The van der Waals surface area contributed by atoms with Crippen molar-refractivity contribution in [1.82, 2.24) is 0 Å². The van der Waals surface area contributed by atoms with Crippen LogP contribution in [0.2, 0.25) is 0 Å². The van der Waals surface area contributed by atoms with E-state index in [-0.39, 0.29) is 44.0 Å². The molecule has 6 N–H and O–H groups in total. The molecule has 0 aromatic heterocycles. The van der Waals surface area contributed by atoms with Gasteiger partial charge in [-0.25, -0.2) is 0 Å². The maximum atomic E-state index is 9.90. The molecule has 0 aromatic carbocycles. The maximum Gasteiger partial charge on any atom is 2.00 e. The number of aldehydes is 1. The fraction of sp³-hybridized carbons (Fsp3) is 0.833. The van der Waals surface area contributed by atoms with Crippen molar-refractivity contribution in [3.05, 3.63) is 0 Å². The third kappa shape index (κ3) is 14.9. The second-order valence-electron chi connectivity index (χ2n) is 2.83. The fourth-order valence-electron chi connectivity index (χ4n) is 0.618. The summed E-state index contributed by atoms with van der Waals surface area (Å²) >= 11 is 0. The van der Waals surface area contributed by atoms with Gasteiger partial charge in [0.1, 0.15) is 24.4 Å². The number of carbonyl (C=O) groups excluding carboxylic acids is 1. The van der Waals surface area contributed by atoms with Crippen LogP contribution in [0.25, 0.3) is 0 Å². The molecule has 104 valence electrons. The number of rotatable bonds is 5.